The van der Waals surface area contributed by atoms with E-state index in [1.807, 2.05) is 6.07 Å². The van der Waals surface area contributed by atoms with Crippen LogP contribution in [0.1, 0.15) is 268 Å². The first-order valence-corrected chi connectivity index (χ1v) is 40.0. The lowest BCUT2D eigenvalue weighted by atomic mass is 9.93. The molecule has 4 atom stereocenters. The van der Waals surface area contributed by atoms with Gasteiger partial charge < -0.3 is 14.9 Å². The van der Waals surface area contributed by atoms with Crippen LogP contribution < -0.4 is 9.80 Å². The van der Waals surface area contributed by atoms with Gasteiger partial charge in [0.05, 0.1) is 27.6 Å². The highest BCUT2D eigenvalue weighted by molar-refractivity contribution is 7.17. The van der Waals surface area contributed by atoms with Crippen molar-refractivity contribution in [2.24, 2.45) is 34.5 Å². The number of nitrogens with zero attached hydrogens (tertiary/aromatic N) is 10. The van der Waals surface area contributed by atoms with Gasteiger partial charge in [-0.05, 0) is 144 Å². The number of amides is 6. The predicted octanol–water partition coefficient (Wildman–Crippen LogP) is 19.4. The van der Waals surface area contributed by atoms with Crippen LogP contribution in [0.25, 0.3) is 28.6 Å². The largest absolute Gasteiger partial charge is 0.400 e. The van der Waals surface area contributed by atoms with Crippen LogP contribution in [-0.4, -0.2) is 124 Å². The van der Waals surface area contributed by atoms with Crippen molar-refractivity contribution in [2.75, 3.05) is 57.2 Å². The van der Waals surface area contributed by atoms with Gasteiger partial charge in [0.2, 0.25) is 11.8 Å². The smallest absolute Gasteiger partial charge is 0.290 e. The molecule has 2 aliphatic heterocycles. The molecule has 105 heavy (non-hydrogen) atoms. The number of nitriles is 2. The number of rotatable bonds is 32. The molecule has 0 saturated heterocycles. The Morgan fingerprint density at radius 1 is 0.533 bits per heavy atom. The fourth-order valence-corrected chi connectivity index (χ4v) is 15.7. The number of aliphatic hydroxyl groups is 1. The van der Waals surface area contributed by atoms with Crippen LogP contribution in [0.2, 0.25) is 0 Å². The third-order valence-corrected chi connectivity index (χ3v) is 22.0. The minimum atomic E-state index is -0.854. The van der Waals surface area contributed by atoms with E-state index in [-0.39, 0.29) is 29.0 Å². The zero-order valence-corrected chi connectivity index (χ0v) is 70.3. The van der Waals surface area contributed by atoms with E-state index in [1.165, 1.54) is 108 Å². The van der Waals surface area contributed by atoms with E-state index in [4.69, 9.17) is 20.3 Å². The number of hydrogen-bond acceptors (Lipinski definition) is 16. The topological polar surface area (TPSA) is 233 Å². The molecule has 18 nitrogen and oxygen atoms in total. The molecule has 4 heterocycles. The Morgan fingerprint density at radius 3 is 1.17 bits per heavy atom. The lowest BCUT2D eigenvalue weighted by molar-refractivity contribution is -0.173. The number of thiazole rings is 2. The highest BCUT2D eigenvalue weighted by atomic mass is 32.1. The zero-order valence-electron chi connectivity index (χ0n) is 68.7. The summed E-state index contributed by atoms with van der Waals surface area (Å²) in [5.74, 6) is -1.05. The maximum absolute atomic E-state index is 14.3. The van der Waals surface area contributed by atoms with Gasteiger partial charge in [0.1, 0.15) is 23.3 Å². The number of carbonyl (C=O) groups is 7. The quantitative estimate of drug-likeness (QED) is 0.0272. The molecule has 4 aromatic rings. The van der Waals surface area contributed by atoms with Crippen molar-refractivity contribution in [3.8, 4) is 34.7 Å². The van der Waals surface area contributed by atoms with Gasteiger partial charge in [-0.3, -0.25) is 33.6 Å². The molecule has 0 saturated carbocycles. The van der Waals surface area contributed by atoms with E-state index in [9.17, 15) is 38.8 Å². The van der Waals surface area contributed by atoms with Crippen molar-refractivity contribution >= 4 is 80.7 Å². The number of aliphatic hydroxyl groups excluding tert-OH is 1. The van der Waals surface area contributed by atoms with E-state index in [0.717, 1.165) is 145 Å². The third-order valence-electron chi connectivity index (χ3n) is 19.9. The fourth-order valence-electron chi connectivity index (χ4n) is 13.8. The Bertz CT molecular complexity index is 3730. The number of unbranched alkanes of at least 4 members (excludes halogenated alkanes) is 4. The number of hydrogen-bond donors (Lipinski definition) is 1. The molecule has 0 spiro atoms. The van der Waals surface area contributed by atoms with Gasteiger partial charge in [-0.25, -0.2) is 20.0 Å². The van der Waals surface area contributed by atoms with Gasteiger partial charge in [0, 0.05) is 74.9 Å². The van der Waals surface area contributed by atoms with Crippen LogP contribution in [0.3, 0.4) is 0 Å². The summed E-state index contributed by atoms with van der Waals surface area (Å²) in [5.41, 5.74) is 9.91. The molecule has 0 fully saturated rings. The first-order valence-electron chi connectivity index (χ1n) is 38.4. The predicted molar refractivity (Wildman–Crippen MR) is 432 cm³/mol. The summed E-state index contributed by atoms with van der Waals surface area (Å²) < 4.78 is 0. The van der Waals surface area contributed by atoms with Gasteiger partial charge in [-0.1, -0.05) is 232 Å². The molecule has 2 aliphatic rings. The molecule has 6 amide bonds. The summed E-state index contributed by atoms with van der Waals surface area (Å²) >= 11 is 3.14. The molecule has 0 bridgehead atoms. The van der Waals surface area contributed by atoms with Crippen LogP contribution >= 0.6 is 22.7 Å². The maximum atomic E-state index is 14.3. The second-order valence-electron chi connectivity index (χ2n) is 30.8. The number of carbonyl (C=O) groups excluding carboxylic acids is 7. The Hall–Kier alpha value is -7.65. The van der Waals surface area contributed by atoms with Gasteiger partial charge in [-0.2, -0.15) is 20.5 Å². The average Bonchev–Trinajstić information content (AvgIpc) is 1.76. The first-order chi connectivity index (χ1) is 49.5. The van der Waals surface area contributed by atoms with Gasteiger partial charge in [0.25, 0.3) is 23.6 Å². The molecule has 2 aromatic carbocycles. The van der Waals surface area contributed by atoms with Crippen molar-refractivity contribution in [2.45, 2.75) is 261 Å². The number of hydrazine groups is 2. The average molecular weight is 1480 g/mol. The molecule has 6 rings (SSSR count). The summed E-state index contributed by atoms with van der Waals surface area (Å²) in [6.45, 7) is 48.3. The standard InChI is InChI=1S/C42H61N5O3S.C29H46N2OS.C13H17N3O3.CH4O/c1-13-17-19-31(15-3)25-46(26-32(16-4)20-18-14-2)41-44-37(36-28(6)21-27(5)22-29(36)7)35(51-41)23-33-30(8)34(24-43)39(49)47(38(33)48)45(12)40(50)42(9,10)11;1-8-12-14-24(10-3)18-31(19-25(11-4)15-13-9-2)29-30-28(26(20-32)33-29)27-22(6)16-21(5)17-23(27)7;1-8-6-10(17)16(11(18)9(8)7-14)15(5)12(19)13(2,3)4;1-2/h21-23,31-32H,13-20,25-26H2,1-12H3;16-17,20,24-25H,8-15,18-19H2,1-7H3;6H2,1-5H3;2H,1H3/b33-23-;;;. The van der Waals surface area contributed by atoms with Crippen LogP contribution in [0.4, 0.5) is 10.3 Å². The number of aromatic nitrogens is 2. The minimum absolute atomic E-state index is 0.0314. The van der Waals surface area contributed by atoms with Crippen LogP contribution in [0, 0.1) is 98.7 Å². The van der Waals surface area contributed by atoms with Gasteiger partial charge >= 0.3 is 0 Å². The summed E-state index contributed by atoms with van der Waals surface area (Å²) in [5, 5.41) is 31.6. The summed E-state index contributed by atoms with van der Waals surface area (Å²) in [6.07, 6.45) is 22.0. The Morgan fingerprint density at radius 2 is 0.857 bits per heavy atom. The second kappa shape index (κ2) is 43.2. The van der Waals surface area contributed by atoms with Gasteiger partial charge in [0.15, 0.2) is 16.5 Å². The fraction of sp³-hybridized carbons (Fsp3) is 0.612. The van der Waals surface area contributed by atoms with E-state index in [0.29, 0.717) is 34.8 Å². The number of aldehydes is 1. The number of benzene rings is 2. The van der Waals surface area contributed by atoms with Gasteiger partial charge in [-0.15, -0.1) is 0 Å². The van der Waals surface area contributed by atoms with Crippen molar-refractivity contribution < 1.29 is 38.7 Å². The molecule has 4 unspecified atom stereocenters. The second-order valence-corrected chi connectivity index (χ2v) is 32.8. The molecule has 0 radical (unpaired) electrons. The summed E-state index contributed by atoms with van der Waals surface area (Å²) in [4.78, 5) is 107. The summed E-state index contributed by atoms with van der Waals surface area (Å²) in [6, 6.07) is 12.5. The van der Waals surface area contributed by atoms with Crippen LogP contribution in [0.5, 0.6) is 0 Å². The maximum Gasteiger partial charge on any atom is 0.290 e. The number of imide groups is 2. The zero-order chi connectivity index (χ0) is 79.5. The molecule has 578 valence electrons. The van der Waals surface area contributed by atoms with Crippen molar-refractivity contribution in [3.63, 3.8) is 0 Å². The molecule has 0 aliphatic carbocycles. The monoisotopic (exact) mass is 1480 g/mol. The SMILES string of the molecule is CC1=C(C#N)C(=O)N(N(C)C(=O)C(C)(C)C)C(=O)C1.CCCCC(CC)CN(CC(CC)CCCC)c1nc(-c2c(C)cc(C)cc2C)c(/C=C2\C(=O)N(N(C)C(=O)C(C)(C)C)C(=O)C(C#N)=C2C)s1.CCCCC(CC)CN(CC(CC)CCCC)c1nc(-c2c(C)cc(C)cc2C)c(C=O)s1.CO. The van der Waals surface area contributed by atoms with E-state index < -0.39 is 40.4 Å². The van der Waals surface area contributed by atoms with E-state index in [2.05, 4.69) is 131 Å². The number of aryl methyl sites for hydroxylation is 6. The van der Waals surface area contributed by atoms with Crippen molar-refractivity contribution in [3.05, 3.63) is 95.3 Å². The highest BCUT2D eigenvalue weighted by Gasteiger charge is 2.43. The lowest BCUT2D eigenvalue weighted by Crippen LogP contribution is -2.56. The molecule has 2 aromatic heterocycles. The molecule has 20 heteroatoms. The van der Waals surface area contributed by atoms with Crippen molar-refractivity contribution in [1.82, 2.24) is 30.0 Å². The first kappa shape index (κ1) is 91.6. The van der Waals surface area contributed by atoms with Crippen molar-refractivity contribution in [1.29, 1.82) is 10.5 Å². The normalized spacial score (nSPS) is 14.8. The van der Waals surface area contributed by atoms with Crippen LogP contribution in [0.15, 0.2) is 52.1 Å². The Balaban J connectivity index is 0.000000451. The lowest BCUT2D eigenvalue weighted by Gasteiger charge is -2.36. The summed E-state index contributed by atoms with van der Waals surface area (Å²) in [7, 11) is 3.77. The molecular formula is C85H128N10O8S2. The Labute approximate surface area is 639 Å². The molecular weight excluding hydrogens is 1350 g/mol. The van der Waals surface area contributed by atoms with Crippen LogP contribution in [-0.2, 0) is 28.8 Å². The Kier molecular flexibility index (Phi) is 37.7. The number of anilines is 2. The minimum Gasteiger partial charge on any atom is -0.400 e. The molecule has 1 N–H and O–H groups in total. The van der Waals surface area contributed by atoms with E-state index >= 15 is 0 Å². The highest BCUT2D eigenvalue weighted by Crippen LogP contribution is 2.42. The van der Waals surface area contributed by atoms with E-state index in [1.54, 1.807) is 90.2 Å². The third kappa shape index (κ3) is 24.7.